The molecule has 11 unspecified atom stereocenters. The molecule has 14 nitrogen and oxygen atoms in total. The first-order valence-corrected chi connectivity index (χ1v) is 28.5. The summed E-state index contributed by atoms with van der Waals surface area (Å²) in [5.74, 6) is -0.399. The molecule has 0 aromatic rings. The minimum absolute atomic E-state index is 0.0303. The summed E-state index contributed by atoms with van der Waals surface area (Å²) in [6, 6.07) is 0. The number of carbonyl (C=O) groups is 1. The molecule has 0 bridgehead atoms. The van der Waals surface area contributed by atoms with Gasteiger partial charge in [0.05, 0.1) is 26.4 Å². The Hall–Kier alpha value is -3.35. The Balaban J connectivity index is 1.73. The molecule has 14 heteroatoms. The second kappa shape index (κ2) is 46.7. The molecule has 2 saturated heterocycles. The lowest BCUT2D eigenvalue weighted by molar-refractivity contribution is -0.332. The summed E-state index contributed by atoms with van der Waals surface area (Å²) in [6.45, 7) is 3.35. The standard InChI is InChI=1S/C61H100O14/c1-3-5-7-9-11-13-15-17-19-21-22-23-24-25-26-27-28-29-30-32-34-36-38-40-42-44-53(63)73-50(47-70-45-43-41-39-37-35-33-31-20-18-16-14-12-10-8-6-4-2)48-71-60-59(69)57(67)55(65)52(75-60)49-72-61-58(68)56(66)54(64)51(46-62)74-61/h5-8,11-14,17-20,22-23,25-26,33,35,50-52,54-62,64-69H,3-4,9-10,15-16,21,24,27-32,34,36-49H2,1-2H3/b7-5-,8-6-,13-11-,14-12-,19-17-,20-18-,23-22-,26-25-,35-33-. The van der Waals surface area contributed by atoms with Gasteiger partial charge < -0.3 is 64.2 Å². The van der Waals surface area contributed by atoms with E-state index >= 15 is 0 Å². The fraction of sp³-hybridized carbons (Fsp3) is 0.689. The molecule has 0 aromatic heterocycles. The van der Waals surface area contributed by atoms with E-state index in [0.29, 0.717) is 13.0 Å². The number of ether oxygens (including phenoxy) is 6. The van der Waals surface area contributed by atoms with Gasteiger partial charge in [-0.15, -0.1) is 0 Å². The van der Waals surface area contributed by atoms with Gasteiger partial charge in [-0.3, -0.25) is 4.79 Å². The Labute approximate surface area is 451 Å². The van der Waals surface area contributed by atoms with Crippen molar-refractivity contribution in [1.29, 1.82) is 0 Å². The zero-order chi connectivity index (χ0) is 54.4. The van der Waals surface area contributed by atoms with E-state index in [-0.39, 0.29) is 19.6 Å². The largest absolute Gasteiger partial charge is 0.457 e. The van der Waals surface area contributed by atoms with Crippen LogP contribution in [-0.4, -0.2) is 142 Å². The van der Waals surface area contributed by atoms with E-state index in [1.807, 2.05) is 0 Å². The summed E-state index contributed by atoms with van der Waals surface area (Å²) in [4.78, 5) is 13.1. The summed E-state index contributed by atoms with van der Waals surface area (Å²) in [5, 5.41) is 72.3. The van der Waals surface area contributed by atoms with Crippen molar-refractivity contribution in [2.75, 3.05) is 33.0 Å². The molecule has 0 aliphatic carbocycles. The number of allylic oxidation sites excluding steroid dienone is 18. The summed E-state index contributed by atoms with van der Waals surface area (Å²) in [6.07, 6.45) is 47.2. The Morgan fingerprint density at radius 2 is 0.827 bits per heavy atom. The van der Waals surface area contributed by atoms with E-state index in [1.54, 1.807) is 0 Å². The summed E-state index contributed by atoms with van der Waals surface area (Å²) in [7, 11) is 0. The number of aliphatic hydroxyl groups excluding tert-OH is 7. The quantitative estimate of drug-likeness (QED) is 0.0172. The number of esters is 1. The first-order chi connectivity index (χ1) is 36.6. The van der Waals surface area contributed by atoms with Gasteiger partial charge in [0.25, 0.3) is 0 Å². The lowest BCUT2D eigenvalue weighted by Gasteiger charge is -2.42. The van der Waals surface area contributed by atoms with Crippen LogP contribution in [0.4, 0.5) is 0 Å². The maximum Gasteiger partial charge on any atom is 0.306 e. The molecule has 0 aromatic carbocycles. The fourth-order valence-electron chi connectivity index (χ4n) is 8.24. The van der Waals surface area contributed by atoms with Crippen molar-refractivity contribution < 1.29 is 69.0 Å². The van der Waals surface area contributed by atoms with Crippen molar-refractivity contribution in [1.82, 2.24) is 0 Å². The molecule has 428 valence electrons. The molecular formula is C61H100O14. The topological polar surface area (TPSA) is 214 Å². The normalized spacial score (nSPS) is 25.5. The van der Waals surface area contributed by atoms with E-state index in [2.05, 4.69) is 123 Å². The second-order valence-electron chi connectivity index (χ2n) is 19.3. The summed E-state index contributed by atoms with van der Waals surface area (Å²) >= 11 is 0. The third-order valence-corrected chi connectivity index (χ3v) is 12.8. The van der Waals surface area contributed by atoms with Gasteiger partial charge in [-0.1, -0.05) is 175 Å². The molecule has 2 heterocycles. The molecule has 75 heavy (non-hydrogen) atoms. The second-order valence-corrected chi connectivity index (χ2v) is 19.3. The van der Waals surface area contributed by atoms with Crippen molar-refractivity contribution >= 4 is 5.97 Å². The van der Waals surface area contributed by atoms with Crippen LogP contribution < -0.4 is 0 Å². The number of hydrogen-bond acceptors (Lipinski definition) is 14. The van der Waals surface area contributed by atoms with Crippen LogP contribution in [-0.2, 0) is 33.2 Å². The van der Waals surface area contributed by atoms with Crippen molar-refractivity contribution in [2.24, 2.45) is 0 Å². The highest BCUT2D eigenvalue weighted by Gasteiger charge is 2.47. The average Bonchev–Trinajstić information content (AvgIpc) is 3.41. The molecule has 0 amide bonds. The minimum atomic E-state index is -1.72. The first-order valence-electron chi connectivity index (χ1n) is 28.5. The van der Waals surface area contributed by atoms with Gasteiger partial charge in [0.1, 0.15) is 54.9 Å². The van der Waals surface area contributed by atoms with Crippen LogP contribution in [0.25, 0.3) is 0 Å². The van der Waals surface area contributed by atoms with Gasteiger partial charge in [-0.25, -0.2) is 0 Å². The highest BCUT2D eigenvalue weighted by Crippen LogP contribution is 2.26. The van der Waals surface area contributed by atoms with E-state index in [9.17, 15) is 40.5 Å². The third kappa shape index (κ3) is 33.5. The number of unbranched alkanes of at least 4 members (excludes halogenated alkanes) is 12. The van der Waals surface area contributed by atoms with Crippen LogP contribution in [0.3, 0.4) is 0 Å². The van der Waals surface area contributed by atoms with E-state index < -0.39 is 86.7 Å². The smallest absolute Gasteiger partial charge is 0.306 e. The highest BCUT2D eigenvalue weighted by molar-refractivity contribution is 5.69. The van der Waals surface area contributed by atoms with E-state index in [1.165, 1.54) is 32.1 Å². The van der Waals surface area contributed by atoms with Gasteiger partial charge in [0.2, 0.25) is 0 Å². The van der Waals surface area contributed by atoms with Gasteiger partial charge in [0, 0.05) is 13.0 Å². The van der Waals surface area contributed by atoms with Crippen LogP contribution in [0.2, 0.25) is 0 Å². The first kappa shape index (κ1) is 67.8. The molecule has 2 aliphatic rings. The van der Waals surface area contributed by atoms with Gasteiger partial charge in [-0.2, -0.15) is 0 Å². The summed E-state index contributed by atoms with van der Waals surface area (Å²) in [5.41, 5.74) is 0. The monoisotopic (exact) mass is 1060 g/mol. The molecule has 11 atom stereocenters. The lowest BCUT2D eigenvalue weighted by Crippen LogP contribution is -2.61. The van der Waals surface area contributed by atoms with Crippen LogP contribution >= 0.6 is 0 Å². The van der Waals surface area contributed by atoms with Crippen LogP contribution in [0, 0.1) is 0 Å². The molecule has 0 radical (unpaired) electrons. The zero-order valence-electron chi connectivity index (χ0n) is 45.7. The van der Waals surface area contributed by atoms with Crippen molar-refractivity contribution in [2.45, 2.75) is 235 Å². The maximum absolute atomic E-state index is 13.1. The van der Waals surface area contributed by atoms with E-state index in [0.717, 1.165) is 109 Å². The molecule has 0 saturated carbocycles. The average molecular weight is 1060 g/mol. The Morgan fingerprint density at radius 3 is 1.29 bits per heavy atom. The minimum Gasteiger partial charge on any atom is -0.457 e. The van der Waals surface area contributed by atoms with Crippen molar-refractivity contribution in [3.8, 4) is 0 Å². The Kier molecular flexibility index (Phi) is 42.2. The molecule has 0 spiro atoms. The van der Waals surface area contributed by atoms with Crippen LogP contribution in [0.1, 0.15) is 168 Å². The van der Waals surface area contributed by atoms with Gasteiger partial charge >= 0.3 is 5.97 Å². The molecule has 2 aliphatic heterocycles. The Morgan fingerprint density at radius 1 is 0.440 bits per heavy atom. The van der Waals surface area contributed by atoms with Crippen LogP contribution in [0.5, 0.6) is 0 Å². The highest BCUT2D eigenvalue weighted by atomic mass is 16.7. The molecule has 7 N–H and O–H groups in total. The summed E-state index contributed by atoms with van der Waals surface area (Å²) < 4.78 is 34.3. The predicted molar refractivity (Wildman–Crippen MR) is 297 cm³/mol. The van der Waals surface area contributed by atoms with Crippen molar-refractivity contribution in [3.63, 3.8) is 0 Å². The number of rotatable bonds is 44. The van der Waals surface area contributed by atoms with Gasteiger partial charge in [-0.05, 0) is 96.3 Å². The molecule has 2 fully saturated rings. The lowest BCUT2D eigenvalue weighted by atomic mass is 9.98. The Bertz CT molecular complexity index is 1650. The number of aliphatic hydroxyl groups is 7. The third-order valence-electron chi connectivity index (χ3n) is 12.8. The fourth-order valence-corrected chi connectivity index (χ4v) is 8.24. The van der Waals surface area contributed by atoms with Crippen LogP contribution in [0.15, 0.2) is 109 Å². The predicted octanol–water partition coefficient (Wildman–Crippen LogP) is 9.96. The van der Waals surface area contributed by atoms with Gasteiger partial charge in [0.15, 0.2) is 12.6 Å². The zero-order valence-corrected chi connectivity index (χ0v) is 45.7. The molecular weight excluding hydrogens is 957 g/mol. The van der Waals surface area contributed by atoms with E-state index in [4.69, 9.17) is 28.4 Å². The maximum atomic E-state index is 13.1. The SMILES string of the molecule is CC/C=C\C/C=C\C/C=C\C/C=C\C/C=C\CCCCCCCCCCCC(=O)OC(COCCCCC/C=C\C/C=C\C/C=C\C/C=C\CC)COC1OC(COC2OC(CO)C(O)C(O)C2O)C(O)C(O)C1O. The number of hydrogen-bond donors (Lipinski definition) is 7. The number of carbonyl (C=O) groups excluding carboxylic acids is 1. The van der Waals surface area contributed by atoms with Crippen molar-refractivity contribution in [3.05, 3.63) is 109 Å². The molecule has 2 rings (SSSR count).